The van der Waals surface area contributed by atoms with Gasteiger partial charge in [-0.3, -0.25) is 0 Å². The molecule has 0 aliphatic rings. The lowest BCUT2D eigenvalue weighted by Gasteiger charge is -2.07. The Labute approximate surface area is 122 Å². The van der Waals surface area contributed by atoms with Crippen molar-refractivity contribution in [3.05, 3.63) is 47.5 Å². The number of nitrogens with one attached hydrogen (secondary N) is 3. The number of benzene rings is 1. The molecule has 8 heteroatoms. The first kappa shape index (κ1) is 15.0. The van der Waals surface area contributed by atoms with Crippen molar-refractivity contribution >= 4 is 21.6 Å². The third-order valence-electron chi connectivity index (χ3n) is 2.55. The Kier molecular flexibility index (Phi) is 5.13. The summed E-state index contributed by atoms with van der Waals surface area (Å²) in [6.07, 6.45) is 3.40. The molecule has 0 saturated carbocycles. The second-order valence-corrected chi connectivity index (χ2v) is 6.27. The summed E-state index contributed by atoms with van der Waals surface area (Å²) >= 11 is 5.78. The van der Waals surface area contributed by atoms with Crippen molar-refractivity contribution in [2.75, 3.05) is 13.1 Å². The number of rotatable bonds is 7. The number of nitrogens with zero attached hydrogens (tertiary/aromatic N) is 1. The molecule has 0 radical (unpaired) electrons. The quantitative estimate of drug-likeness (QED) is 0.669. The van der Waals surface area contributed by atoms with Crippen LogP contribution in [0.25, 0.3) is 0 Å². The van der Waals surface area contributed by atoms with E-state index in [4.69, 9.17) is 11.6 Å². The number of halogens is 1. The highest BCUT2D eigenvalue weighted by Gasteiger charge is 2.13. The standard InChI is InChI=1S/C12H15ClN4O2S/c13-10-2-1-3-11(8-10)20(18,19)17-7-4-14-9-12-15-5-6-16-12/h1-3,5-6,8,14,17H,4,7,9H2,(H,15,16). The molecule has 108 valence electrons. The normalized spacial score (nSPS) is 11.7. The number of sulfonamides is 1. The number of hydrogen-bond acceptors (Lipinski definition) is 4. The maximum absolute atomic E-state index is 12.0. The van der Waals surface area contributed by atoms with Crippen LogP contribution < -0.4 is 10.0 Å². The topological polar surface area (TPSA) is 86.9 Å². The summed E-state index contributed by atoms with van der Waals surface area (Å²) in [6.45, 7) is 1.35. The van der Waals surface area contributed by atoms with Crippen LogP contribution in [0.4, 0.5) is 0 Å². The summed E-state index contributed by atoms with van der Waals surface area (Å²) in [4.78, 5) is 7.16. The molecule has 2 aromatic rings. The molecule has 0 aliphatic carbocycles. The second kappa shape index (κ2) is 6.85. The van der Waals surface area contributed by atoms with Crippen LogP contribution in [0.2, 0.25) is 5.02 Å². The number of aromatic nitrogens is 2. The van der Waals surface area contributed by atoms with E-state index in [0.717, 1.165) is 5.82 Å². The van der Waals surface area contributed by atoms with Crippen molar-refractivity contribution < 1.29 is 8.42 Å². The smallest absolute Gasteiger partial charge is 0.240 e. The van der Waals surface area contributed by atoms with E-state index in [9.17, 15) is 8.42 Å². The predicted molar refractivity (Wildman–Crippen MR) is 76.9 cm³/mol. The molecule has 0 spiro atoms. The van der Waals surface area contributed by atoms with Crippen molar-refractivity contribution in [1.29, 1.82) is 0 Å². The van der Waals surface area contributed by atoms with Crippen LogP contribution in [0.3, 0.4) is 0 Å². The van der Waals surface area contributed by atoms with Crippen LogP contribution in [-0.2, 0) is 16.6 Å². The van der Waals surface area contributed by atoms with Gasteiger partial charge in [0.25, 0.3) is 0 Å². The summed E-state index contributed by atoms with van der Waals surface area (Å²) in [7, 11) is -3.51. The molecule has 0 aliphatic heterocycles. The number of H-pyrrole nitrogens is 1. The van der Waals surface area contributed by atoms with Gasteiger partial charge in [0, 0.05) is 30.5 Å². The van der Waals surface area contributed by atoms with Crippen LogP contribution in [0.15, 0.2) is 41.6 Å². The zero-order chi connectivity index (χ0) is 14.4. The molecule has 0 fully saturated rings. The molecule has 1 aromatic heterocycles. The molecule has 1 aromatic carbocycles. The molecule has 2 rings (SSSR count). The fourth-order valence-electron chi connectivity index (χ4n) is 1.59. The van der Waals surface area contributed by atoms with E-state index >= 15 is 0 Å². The van der Waals surface area contributed by atoms with Crippen LogP contribution in [-0.4, -0.2) is 31.5 Å². The maximum Gasteiger partial charge on any atom is 0.240 e. The molecular weight excluding hydrogens is 300 g/mol. The molecule has 6 nitrogen and oxygen atoms in total. The van der Waals surface area contributed by atoms with Crippen LogP contribution in [0.5, 0.6) is 0 Å². The lowest BCUT2D eigenvalue weighted by Crippen LogP contribution is -2.31. The van der Waals surface area contributed by atoms with Gasteiger partial charge in [-0.15, -0.1) is 0 Å². The molecule has 0 atom stereocenters. The summed E-state index contributed by atoms with van der Waals surface area (Å²) < 4.78 is 26.4. The van der Waals surface area contributed by atoms with Crippen molar-refractivity contribution in [3.8, 4) is 0 Å². The first-order chi connectivity index (χ1) is 9.58. The molecule has 0 unspecified atom stereocenters. The van der Waals surface area contributed by atoms with Gasteiger partial charge in [0.2, 0.25) is 10.0 Å². The average molecular weight is 315 g/mol. The summed E-state index contributed by atoms with van der Waals surface area (Å²) in [5, 5.41) is 3.47. The molecular formula is C12H15ClN4O2S. The van der Waals surface area contributed by atoms with E-state index in [1.165, 1.54) is 12.1 Å². The Morgan fingerprint density at radius 2 is 2.15 bits per heavy atom. The summed E-state index contributed by atoms with van der Waals surface area (Å²) in [5.41, 5.74) is 0. The summed E-state index contributed by atoms with van der Waals surface area (Å²) in [5.74, 6) is 0.808. The number of aromatic amines is 1. The fourth-order valence-corrected chi connectivity index (χ4v) is 2.92. The third kappa shape index (κ3) is 4.31. The molecule has 1 heterocycles. The van der Waals surface area contributed by atoms with Crippen LogP contribution >= 0.6 is 11.6 Å². The molecule has 3 N–H and O–H groups in total. The van der Waals surface area contributed by atoms with Gasteiger partial charge < -0.3 is 10.3 Å². The Morgan fingerprint density at radius 1 is 1.30 bits per heavy atom. The Hall–Kier alpha value is -1.41. The molecule has 0 bridgehead atoms. The minimum Gasteiger partial charge on any atom is -0.348 e. The SMILES string of the molecule is O=S(=O)(NCCNCc1ncc[nH]1)c1cccc(Cl)c1. The van der Waals surface area contributed by atoms with Crippen molar-refractivity contribution in [2.24, 2.45) is 0 Å². The van der Waals surface area contributed by atoms with Gasteiger partial charge in [0.05, 0.1) is 11.4 Å². The summed E-state index contributed by atoms with van der Waals surface area (Å²) in [6, 6.07) is 6.15. The van der Waals surface area contributed by atoms with E-state index < -0.39 is 10.0 Å². The fraction of sp³-hybridized carbons (Fsp3) is 0.250. The second-order valence-electron chi connectivity index (χ2n) is 4.07. The van der Waals surface area contributed by atoms with Gasteiger partial charge in [-0.05, 0) is 18.2 Å². The Bertz CT molecular complexity index is 643. The first-order valence-electron chi connectivity index (χ1n) is 6.02. The molecule has 0 amide bonds. The zero-order valence-electron chi connectivity index (χ0n) is 10.6. The van der Waals surface area contributed by atoms with Crippen molar-refractivity contribution in [2.45, 2.75) is 11.4 Å². The van der Waals surface area contributed by atoms with E-state index in [-0.39, 0.29) is 11.4 Å². The van der Waals surface area contributed by atoms with E-state index in [0.29, 0.717) is 18.1 Å². The molecule has 0 saturated heterocycles. The van der Waals surface area contributed by atoms with Crippen molar-refractivity contribution in [1.82, 2.24) is 20.0 Å². The highest BCUT2D eigenvalue weighted by atomic mass is 35.5. The minimum absolute atomic E-state index is 0.163. The highest BCUT2D eigenvalue weighted by Crippen LogP contribution is 2.14. The lowest BCUT2D eigenvalue weighted by molar-refractivity contribution is 0.574. The number of imidazole rings is 1. The minimum atomic E-state index is -3.51. The monoisotopic (exact) mass is 314 g/mol. The van der Waals surface area contributed by atoms with E-state index in [1.54, 1.807) is 24.5 Å². The van der Waals surface area contributed by atoms with Gasteiger partial charge >= 0.3 is 0 Å². The average Bonchev–Trinajstić information content (AvgIpc) is 2.91. The molecule has 20 heavy (non-hydrogen) atoms. The number of hydrogen-bond donors (Lipinski definition) is 3. The lowest BCUT2D eigenvalue weighted by atomic mass is 10.4. The van der Waals surface area contributed by atoms with Gasteiger partial charge in [0.1, 0.15) is 5.82 Å². The Balaban J connectivity index is 1.78. The van der Waals surface area contributed by atoms with Crippen molar-refractivity contribution in [3.63, 3.8) is 0 Å². The van der Waals surface area contributed by atoms with E-state index in [1.807, 2.05) is 0 Å². The Morgan fingerprint density at radius 3 is 2.85 bits per heavy atom. The first-order valence-corrected chi connectivity index (χ1v) is 7.88. The maximum atomic E-state index is 12.0. The van der Waals surface area contributed by atoms with Crippen LogP contribution in [0.1, 0.15) is 5.82 Å². The van der Waals surface area contributed by atoms with E-state index in [2.05, 4.69) is 20.0 Å². The van der Waals surface area contributed by atoms with Gasteiger partial charge in [-0.1, -0.05) is 17.7 Å². The zero-order valence-corrected chi connectivity index (χ0v) is 12.2. The largest absolute Gasteiger partial charge is 0.348 e. The van der Waals surface area contributed by atoms with Crippen LogP contribution in [0, 0.1) is 0 Å². The van der Waals surface area contributed by atoms with Gasteiger partial charge in [-0.25, -0.2) is 18.1 Å². The van der Waals surface area contributed by atoms with Gasteiger partial charge in [-0.2, -0.15) is 0 Å². The van der Waals surface area contributed by atoms with Gasteiger partial charge in [0.15, 0.2) is 0 Å². The third-order valence-corrected chi connectivity index (χ3v) is 4.24. The predicted octanol–water partition coefficient (Wildman–Crippen LogP) is 1.13. The highest BCUT2D eigenvalue weighted by molar-refractivity contribution is 7.89.